The zero-order valence-electron chi connectivity index (χ0n) is 9.57. The summed E-state index contributed by atoms with van der Waals surface area (Å²) in [4.78, 5) is 13.0. The van der Waals surface area contributed by atoms with Crippen LogP contribution in [-0.2, 0) is 0 Å². The first-order valence-electron chi connectivity index (χ1n) is 5.76. The van der Waals surface area contributed by atoms with Crippen LogP contribution >= 0.6 is 11.8 Å². The highest BCUT2D eigenvalue weighted by atomic mass is 32.2. The largest absolute Gasteiger partial charge is 0.396 e. The molecule has 6 heteroatoms. The summed E-state index contributed by atoms with van der Waals surface area (Å²) in [5.74, 6) is 2.08. The SMILES string of the molecule is O=C1NCCN1CCNCCSCCCO. The second kappa shape index (κ2) is 8.66. The van der Waals surface area contributed by atoms with E-state index < -0.39 is 0 Å². The molecule has 1 aliphatic rings. The molecule has 5 nitrogen and oxygen atoms in total. The van der Waals surface area contributed by atoms with E-state index in [1.165, 1.54) is 0 Å². The van der Waals surface area contributed by atoms with Gasteiger partial charge in [-0.3, -0.25) is 0 Å². The Morgan fingerprint density at radius 2 is 2.31 bits per heavy atom. The quantitative estimate of drug-likeness (QED) is 0.490. The van der Waals surface area contributed by atoms with E-state index in [4.69, 9.17) is 5.11 Å². The molecule has 0 radical (unpaired) electrons. The molecule has 1 saturated heterocycles. The lowest BCUT2D eigenvalue weighted by atomic mass is 10.5. The van der Waals surface area contributed by atoms with Crippen LogP contribution in [0.15, 0.2) is 0 Å². The van der Waals surface area contributed by atoms with Crippen LogP contribution in [0.3, 0.4) is 0 Å². The third kappa shape index (κ3) is 5.58. The van der Waals surface area contributed by atoms with Crippen molar-refractivity contribution in [1.82, 2.24) is 15.5 Å². The maximum atomic E-state index is 11.2. The predicted octanol–water partition coefficient (Wildman–Crippen LogP) is -0.283. The van der Waals surface area contributed by atoms with Gasteiger partial charge in [-0.2, -0.15) is 11.8 Å². The molecule has 0 bridgehead atoms. The number of carbonyl (C=O) groups is 1. The van der Waals surface area contributed by atoms with Gasteiger partial charge in [0, 0.05) is 45.1 Å². The highest BCUT2D eigenvalue weighted by molar-refractivity contribution is 7.99. The molecule has 0 aromatic rings. The van der Waals surface area contributed by atoms with Crippen LogP contribution in [0.5, 0.6) is 0 Å². The second-order valence-electron chi connectivity index (χ2n) is 3.66. The number of hydrogen-bond acceptors (Lipinski definition) is 4. The number of hydrogen-bond donors (Lipinski definition) is 3. The predicted molar refractivity (Wildman–Crippen MR) is 66.9 cm³/mol. The van der Waals surface area contributed by atoms with Crippen molar-refractivity contribution < 1.29 is 9.90 Å². The van der Waals surface area contributed by atoms with E-state index in [2.05, 4.69) is 10.6 Å². The van der Waals surface area contributed by atoms with Crippen molar-refractivity contribution in [3.63, 3.8) is 0 Å². The van der Waals surface area contributed by atoms with Gasteiger partial charge in [0.15, 0.2) is 0 Å². The molecular formula is C10H21N3O2S. The summed E-state index contributed by atoms with van der Waals surface area (Å²) in [6, 6.07) is 0.0547. The molecule has 0 saturated carbocycles. The molecular weight excluding hydrogens is 226 g/mol. The van der Waals surface area contributed by atoms with Gasteiger partial charge in [-0.25, -0.2) is 4.79 Å². The molecule has 0 spiro atoms. The number of aliphatic hydroxyl groups excluding tert-OH is 1. The minimum absolute atomic E-state index is 0.0547. The van der Waals surface area contributed by atoms with Crippen LogP contribution in [-0.4, -0.2) is 66.9 Å². The molecule has 0 atom stereocenters. The minimum atomic E-state index is 0.0547. The monoisotopic (exact) mass is 247 g/mol. The van der Waals surface area contributed by atoms with Crippen LogP contribution in [0.2, 0.25) is 0 Å². The molecule has 1 fully saturated rings. The second-order valence-corrected chi connectivity index (χ2v) is 4.88. The van der Waals surface area contributed by atoms with Crippen LogP contribution in [0.1, 0.15) is 6.42 Å². The van der Waals surface area contributed by atoms with Gasteiger partial charge in [-0.1, -0.05) is 0 Å². The molecule has 0 aromatic carbocycles. The number of aliphatic hydroxyl groups is 1. The summed E-state index contributed by atoms with van der Waals surface area (Å²) in [7, 11) is 0. The molecule has 3 N–H and O–H groups in total. The van der Waals surface area contributed by atoms with Gasteiger partial charge >= 0.3 is 6.03 Å². The van der Waals surface area contributed by atoms with Crippen molar-refractivity contribution in [3.8, 4) is 0 Å². The van der Waals surface area contributed by atoms with Crippen molar-refractivity contribution in [2.24, 2.45) is 0 Å². The Balaban J connectivity index is 1.83. The molecule has 94 valence electrons. The summed E-state index contributed by atoms with van der Waals surface area (Å²) in [6.07, 6.45) is 0.874. The van der Waals surface area contributed by atoms with Crippen LogP contribution in [0.25, 0.3) is 0 Å². The Kier molecular flexibility index (Phi) is 7.37. The number of nitrogens with zero attached hydrogens (tertiary/aromatic N) is 1. The molecule has 16 heavy (non-hydrogen) atoms. The van der Waals surface area contributed by atoms with E-state index in [0.717, 1.165) is 50.7 Å². The zero-order chi connectivity index (χ0) is 11.6. The maximum Gasteiger partial charge on any atom is 0.317 e. The van der Waals surface area contributed by atoms with Crippen LogP contribution in [0, 0.1) is 0 Å². The normalized spacial score (nSPS) is 15.6. The average molecular weight is 247 g/mol. The molecule has 2 amide bonds. The van der Waals surface area contributed by atoms with Crippen LogP contribution < -0.4 is 10.6 Å². The Morgan fingerprint density at radius 3 is 3.00 bits per heavy atom. The van der Waals surface area contributed by atoms with Gasteiger partial charge in [-0.05, 0) is 12.2 Å². The Hall–Kier alpha value is -0.460. The van der Waals surface area contributed by atoms with Crippen molar-refractivity contribution in [1.29, 1.82) is 0 Å². The third-order valence-electron chi connectivity index (χ3n) is 2.37. The topological polar surface area (TPSA) is 64.6 Å². The van der Waals surface area contributed by atoms with E-state index in [-0.39, 0.29) is 12.6 Å². The summed E-state index contributed by atoms with van der Waals surface area (Å²) in [6.45, 7) is 4.48. The third-order valence-corrected chi connectivity index (χ3v) is 3.44. The van der Waals surface area contributed by atoms with Crippen molar-refractivity contribution in [2.75, 3.05) is 50.8 Å². The van der Waals surface area contributed by atoms with Crippen LogP contribution in [0.4, 0.5) is 4.79 Å². The van der Waals surface area contributed by atoms with Gasteiger partial charge in [0.1, 0.15) is 0 Å². The molecule has 0 unspecified atom stereocenters. The van der Waals surface area contributed by atoms with Gasteiger partial charge in [0.2, 0.25) is 0 Å². The Bertz CT molecular complexity index is 205. The lowest BCUT2D eigenvalue weighted by Gasteiger charge is -2.14. The van der Waals surface area contributed by atoms with Gasteiger partial charge in [0.25, 0.3) is 0 Å². The number of urea groups is 1. The summed E-state index contributed by atoms with van der Waals surface area (Å²) >= 11 is 1.85. The number of nitrogens with one attached hydrogen (secondary N) is 2. The fourth-order valence-corrected chi connectivity index (χ4v) is 2.30. The first kappa shape index (κ1) is 13.6. The fraction of sp³-hybridized carbons (Fsp3) is 0.900. The standard InChI is InChI=1S/C10H21N3O2S/c14-7-1-8-16-9-4-11-2-5-13-6-3-12-10(13)15/h11,14H,1-9H2,(H,12,15). The molecule has 0 aliphatic carbocycles. The lowest BCUT2D eigenvalue weighted by Crippen LogP contribution is -2.35. The fourth-order valence-electron chi connectivity index (χ4n) is 1.48. The number of amides is 2. The number of rotatable bonds is 9. The van der Waals surface area contributed by atoms with Gasteiger partial charge in [-0.15, -0.1) is 0 Å². The lowest BCUT2D eigenvalue weighted by molar-refractivity contribution is 0.217. The van der Waals surface area contributed by atoms with Crippen molar-refractivity contribution in [2.45, 2.75) is 6.42 Å². The van der Waals surface area contributed by atoms with Crippen molar-refractivity contribution >= 4 is 17.8 Å². The highest BCUT2D eigenvalue weighted by Crippen LogP contribution is 2.00. The number of carbonyl (C=O) groups excluding carboxylic acids is 1. The summed E-state index contributed by atoms with van der Waals surface area (Å²) in [5.41, 5.74) is 0. The first-order valence-corrected chi connectivity index (χ1v) is 6.92. The highest BCUT2D eigenvalue weighted by Gasteiger charge is 2.17. The van der Waals surface area contributed by atoms with Crippen molar-refractivity contribution in [3.05, 3.63) is 0 Å². The summed E-state index contributed by atoms with van der Waals surface area (Å²) in [5, 5.41) is 14.7. The first-order chi connectivity index (χ1) is 7.84. The van der Waals surface area contributed by atoms with E-state index in [9.17, 15) is 4.79 Å². The molecule has 1 heterocycles. The Morgan fingerprint density at radius 1 is 1.44 bits per heavy atom. The number of thioether (sulfide) groups is 1. The maximum absolute atomic E-state index is 11.2. The molecule has 1 aliphatic heterocycles. The van der Waals surface area contributed by atoms with E-state index >= 15 is 0 Å². The minimum Gasteiger partial charge on any atom is -0.396 e. The Labute approximate surface area is 101 Å². The van der Waals surface area contributed by atoms with Gasteiger partial charge < -0.3 is 20.6 Å². The zero-order valence-corrected chi connectivity index (χ0v) is 10.4. The molecule has 1 rings (SSSR count). The molecule has 0 aromatic heterocycles. The van der Waals surface area contributed by atoms with Gasteiger partial charge in [0.05, 0.1) is 0 Å². The van der Waals surface area contributed by atoms with E-state index in [1.54, 1.807) is 0 Å². The smallest absolute Gasteiger partial charge is 0.317 e. The average Bonchev–Trinajstić information content (AvgIpc) is 2.68. The van der Waals surface area contributed by atoms with E-state index in [1.807, 2.05) is 16.7 Å². The summed E-state index contributed by atoms with van der Waals surface area (Å²) < 4.78 is 0. The van der Waals surface area contributed by atoms with E-state index in [0.29, 0.717) is 0 Å².